The molecule has 2 N–H and O–H groups in total. The van der Waals surface area contributed by atoms with Crippen LogP contribution in [0.15, 0.2) is 46.3 Å². The Labute approximate surface area is 122 Å². The Bertz CT molecular complexity index is 720. The minimum atomic E-state index is -0.218. The molecule has 6 heteroatoms. The minimum Gasteiger partial charge on any atom is -0.496 e. The first-order valence-corrected chi connectivity index (χ1v) is 6.36. The number of ether oxygens (including phenoxy) is 1. The standard InChI is InChI=1S/C15H16N4O2/c1-11-10-14(20)18-15(17-11)19-16-9-5-7-12-6-3-4-8-13(12)21-2/h3-10H,1-2H3,(H2,17,18,19,20)/b7-5+,16-9-. The summed E-state index contributed by atoms with van der Waals surface area (Å²) in [7, 11) is 1.63. The van der Waals surface area contributed by atoms with Gasteiger partial charge in [-0.2, -0.15) is 5.10 Å². The van der Waals surface area contributed by atoms with Crippen molar-refractivity contribution in [1.29, 1.82) is 0 Å². The van der Waals surface area contributed by atoms with E-state index in [9.17, 15) is 4.79 Å². The van der Waals surface area contributed by atoms with Crippen molar-refractivity contribution in [2.75, 3.05) is 12.5 Å². The fourth-order valence-electron chi connectivity index (χ4n) is 1.72. The second kappa shape index (κ2) is 7.04. The molecule has 6 nitrogen and oxygen atoms in total. The molecule has 1 aromatic heterocycles. The van der Waals surface area contributed by atoms with Crippen molar-refractivity contribution in [3.63, 3.8) is 0 Å². The summed E-state index contributed by atoms with van der Waals surface area (Å²) in [6.45, 7) is 1.74. The molecule has 0 aliphatic rings. The Kier molecular flexibility index (Phi) is 4.87. The van der Waals surface area contributed by atoms with Crippen LogP contribution >= 0.6 is 0 Å². The van der Waals surface area contributed by atoms with Crippen LogP contribution in [0.4, 0.5) is 5.95 Å². The molecule has 0 atom stereocenters. The molecular formula is C15H16N4O2. The van der Waals surface area contributed by atoms with Crippen LogP contribution in [0.25, 0.3) is 6.08 Å². The molecule has 0 amide bonds. The molecule has 2 aromatic rings. The maximum atomic E-state index is 11.2. The number of benzene rings is 1. The SMILES string of the molecule is COc1ccccc1/C=C/C=N\Nc1nc(C)cc(=O)[nH]1. The number of hydrogen-bond acceptors (Lipinski definition) is 5. The smallest absolute Gasteiger partial charge is 0.252 e. The first-order chi connectivity index (χ1) is 10.2. The van der Waals surface area contributed by atoms with Gasteiger partial charge in [0.15, 0.2) is 0 Å². The van der Waals surface area contributed by atoms with Gasteiger partial charge >= 0.3 is 0 Å². The Morgan fingerprint density at radius 3 is 2.95 bits per heavy atom. The number of anilines is 1. The van der Waals surface area contributed by atoms with Gasteiger partial charge in [0.25, 0.3) is 5.56 Å². The lowest BCUT2D eigenvalue weighted by atomic mass is 10.2. The number of allylic oxidation sites excluding steroid dienone is 1. The van der Waals surface area contributed by atoms with Gasteiger partial charge in [-0.15, -0.1) is 0 Å². The van der Waals surface area contributed by atoms with Crippen LogP contribution in [0.3, 0.4) is 0 Å². The van der Waals surface area contributed by atoms with Gasteiger partial charge in [-0.3, -0.25) is 9.78 Å². The van der Waals surface area contributed by atoms with Gasteiger partial charge in [-0.25, -0.2) is 10.4 Å². The van der Waals surface area contributed by atoms with Crippen molar-refractivity contribution in [1.82, 2.24) is 9.97 Å². The summed E-state index contributed by atoms with van der Waals surface area (Å²) in [6.07, 6.45) is 5.20. The van der Waals surface area contributed by atoms with E-state index < -0.39 is 0 Å². The predicted molar refractivity (Wildman–Crippen MR) is 83.7 cm³/mol. The molecule has 0 aliphatic heterocycles. The van der Waals surface area contributed by atoms with E-state index >= 15 is 0 Å². The molecule has 21 heavy (non-hydrogen) atoms. The fraction of sp³-hybridized carbons (Fsp3) is 0.133. The van der Waals surface area contributed by atoms with E-state index in [1.54, 1.807) is 26.3 Å². The second-order valence-corrected chi connectivity index (χ2v) is 4.23. The molecule has 0 radical (unpaired) electrons. The van der Waals surface area contributed by atoms with E-state index in [-0.39, 0.29) is 5.56 Å². The highest BCUT2D eigenvalue weighted by Crippen LogP contribution is 2.18. The van der Waals surface area contributed by atoms with Gasteiger partial charge in [-0.05, 0) is 25.1 Å². The number of rotatable bonds is 5. The third-order valence-corrected chi connectivity index (χ3v) is 2.62. The number of para-hydroxylation sites is 1. The van der Waals surface area contributed by atoms with Gasteiger partial charge in [0.05, 0.1) is 7.11 Å². The average molecular weight is 284 g/mol. The van der Waals surface area contributed by atoms with E-state index in [0.29, 0.717) is 11.6 Å². The molecule has 0 saturated heterocycles. The molecule has 0 spiro atoms. The molecule has 0 bridgehead atoms. The van der Waals surface area contributed by atoms with Crippen molar-refractivity contribution in [3.8, 4) is 5.75 Å². The van der Waals surface area contributed by atoms with E-state index in [0.717, 1.165) is 11.3 Å². The topological polar surface area (TPSA) is 79.4 Å². The molecule has 1 aromatic carbocycles. The quantitative estimate of drug-likeness (QED) is 0.651. The number of aromatic nitrogens is 2. The number of methoxy groups -OCH3 is 1. The lowest BCUT2D eigenvalue weighted by Gasteiger charge is -2.02. The molecular weight excluding hydrogens is 268 g/mol. The molecule has 0 saturated carbocycles. The van der Waals surface area contributed by atoms with Crippen molar-refractivity contribution in [2.24, 2.45) is 5.10 Å². The van der Waals surface area contributed by atoms with E-state index in [1.165, 1.54) is 6.07 Å². The maximum Gasteiger partial charge on any atom is 0.252 e. The second-order valence-electron chi connectivity index (χ2n) is 4.23. The Balaban J connectivity index is 1.99. The summed E-state index contributed by atoms with van der Waals surface area (Å²) >= 11 is 0. The largest absolute Gasteiger partial charge is 0.496 e. The van der Waals surface area contributed by atoms with Crippen molar-refractivity contribution >= 4 is 18.2 Å². The first-order valence-electron chi connectivity index (χ1n) is 6.36. The van der Waals surface area contributed by atoms with Crippen LogP contribution in [0, 0.1) is 6.92 Å². The van der Waals surface area contributed by atoms with Crippen molar-refractivity contribution in [3.05, 3.63) is 58.0 Å². The minimum absolute atomic E-state index is 0.218. The lowest BCUT2D eigenvalue weighted by Crippen LogP contribution is -2.10. The highest BCUT2D eigenvalue weighted by molar-refractivity contribution is 5.79. The molecule has 108 valence electrons. The zero-order valence-corrected chi connectivity index (χ0v) is 11.8. The summed E-state index contributed by atoms with van der Waals surface area (Å²) in [5.41, 5.74) is 4.02. The number of hydrogen-bond donors (Lipinski definition) is 2. The number of nitrogens with zero attached hydrogens (tertiary/aromatic N) is 2. The summed E-state index contributed by atoms with van der Waals surface area (Å²) in [6, 6.07) is 9.08. The summed E-state index contributed by atoms with van der Waals surface area (Å²) in [5, 5.41) is 3.96. The van der Waals surface area contributed by atoms with Gasteiger partial charge < -0.3 is 4.74 Å². The number of aryl methyl sites for hydroxylation is 1. The Morgan fingerprint density at radius 2 is 2.19 bits per heavy atom. The zero-order chi connectivity index (χ0) is 15.1. The average Bonchev–Trinajstić information content (AvgIpc) is 2.46. The van der Waals surface area contributed by atoms with Crippen molar-refractivity contribution < 1.29 is 4.74 Å². The van der Waals surface area contributed by atoms with E-state index in [2.05, 4.69) is 20.5 Å². The van der Waals surface area contributed by atoms with E-state index in [1.807, 2.05) is 30.3 Å². The van der Waals surface area contributed by atoms with Crippen molar-refractivity contribution in [2.45, 2.75) is 6.92 Å². The summed E-state index contributed by atoms with van der Waals surface area (Å²) < 4.78 is 5.24. The molecule has 2 rings (SSSR count). The third kappa shape index (κ3) is 4.31. The van der Waals surface area contributed by atoms with Gasteiger partial charge in [0, 0.05) is 23.5 Å². The highest BCUT2D eigenvalue weighted by Gasteiger charge is 1.96. The molecule has 0 unspecified atom stereocenters. The maximum absolute atomic E-state index is 11.2. The predicted octanol–water partition coefficient (Wildman–Crippen LogP) is 2.20. The molecule has 0 fully saturated rings. The monoisotopic (exact) mass is 284 g/mol. The van der Waals surface area contributed by atoms with Crippen LogP contribution in [0.5, 0.6) is 5.75 Å². The normalized spacial score (nSPS) is 11.1. The number of H-pyrrole nitrogens is 1. The molecule has 1 heterocycles. The van der Waals surface area contributed by atoms with E-state index in [4.69, 9.17) is 4.74 Å². The van der Waals surface area contributed by atoms with Crippen LogP contribution in [-0.2, 0) is 0 Å². The van der Waals surface area contributed by atoms with Crippen LogP contribution < -0.4 is 15.7 Å². The zero-order valence-electron chi connectivity index (χ0n) is 11.8. The van der Waals surface area contributed by atoms with Gasteiger partial charge in [0.2, 0.25) is 5.95 Å². The Hall–Kier alpha value is -2.89. The van der Waals surface area contributed by atoms with Gasteiger partial charge in [0.1, 0.15) is 5.75 Å². The Morgan fingerprint density at radius 1 is 1.38 bits per heavy atom. The number of aromatic amines is 1. The lowest BCUT2D eigenvalue weighted by molar-refractivity contribution is 0.414. The first kappa shape index (κ1) is 14.5. The number of nitrogens with one attached hydrogen (secondary N) is 2. The molecule has 0 aliphatic carbocycles. The third-order valence-electron chi connectivity index (χ3n) is 2.62. The fourth-order valence-corrected chi connectivity index (χ4v) is 1.72. The summed E-state index contributed by atoms with van der Waals surface area (Å²) in [5.74, 6) is 1.10. The highest BCUT2D eigenvalue weighted by atomic mass is 16.5. The van der Waals surface area contributed by atoms with Crippen LogP contribution in [0.1, 0.15) is 11.3 Å². The van der Waals surface area contributed by atoms with Crippen LogP contribution in [0.2, 0.25) is 0 Å². The summed E-state index contributed by atoms with van der Waals surface area (Å²) in [4.78, 5) is 17.9. The van der Waals surface area contributed by atoms with Gasteiger partial charge in [-0.1, -0.05) is 18.2 Å². The van der Waals surface area contributed by atoms with Crippen LogP contribution in [-0.4, -0.2) is 23.3 Å². The number of hydrazone groups is 1.